The van der Waals surface area contributed by atoms with Crippen molar-refractivity contribution in [2.75, 3.05) is 20.2 Å². The van der Waals surface area contributed by atoms with Gasteiger partial charge in [-0.1, -0.05) is 24.3 Å². The van der Waals surface area contributed by atoms with Gasteiger partial charge in [0.05, 0.1) is 12.0 Å². The first-order valence-electron chi connectivity index (χ1n) is 8.89. The van der Waals surface area contributed by atoms with E-state index in [4.69, 9.17) is 4.74 Å². The van der Waals surface area contributed by atoms with E-state index in [1.54, 1.807) is 25.3 Å². The molecule has 0 bridgehead atoms. The summed E-state index contributed by atoms with van der Waals surface area (Å²) in [5.74, 6) is 0.653. The highest BCUT2D eigenvalue weighted by Crippen LogP contribution is 2.32. The topological polar surface area (TPSA) is 75.7 Å². The van der Waals surface area contributed by atoms with Crippen molar-refractivity contribution in [3.05, 3.63) is 46.9 Å². The van der Waals surface area contributed by atoms with Gasteiger partial charge >= 0.3 is 0 Å². The highest BCUT2D eigenvalue weighted by atomic mass is 32.2. The fourth-order valence-corrected chi connectivity index (χ4v) is 3.89. The number of allylic oxidation sites excluding steroid dienone is 2. The van der Waals surface area contributed by atoms with Crippen LogP contribution in [-0.2, 0) is 9.59 Å². The number of ether oxygens (including phenoxy) is 1. The second-order valence-electron chi connectivity index (χ2n) is 6.43. The normalized spacial score (nSPS) is 20.6. The summed E-state index contributed by atoms with van der Waals surface area (Å²) in [4.78, 5) is 38.1. The van der Waals surface area contributed by atoms with Gasteiger partial charge in [-0.05, 0) is 54.3 Å². The van der Waals surface area contributed by atoms with Crippen LogP contribution in [0.15, 0.2) is 41.3 Å². The van der Waals surface area contributed by atoms with E-state index >= 15 is 0 Å². The van der Waals surface area contributed by atoms with E-state index in [1.807, 2.05) is 12.1 Å². The lowest BCUT2D eigenvalue weighted by Crippen LogP contribution is -2.37. The Morgan fingerprint density at radius 2 is 2.11 bits per heavy atom. The molecule has 7 heteroatoms. The maximum Gasteiger partial charge on any atom is 0.293 e. The molecule has 1 aromatic rings. The number of benzene rings is 1. The smallest absolute Gasteiger partial charge is 0.293 e. The third kappa shape index (κ3) is 5.01. The summed E-state index contributed by atoms with van der Waals surface area (Å²) in [6.07, 6.45) is 8.33. The molecule has 0 aromatic heterocycles. The van der Waals surface area contributed by atoms with Crippen LogP contribution in [0.4, 0.5) is 4.79 Å². The molecule has 1 aliphatic carbocycles. The van der Waals surface area contributed by atoms with E-state index in [-0.39, 0.29) is 30.1 Å². The SMILES string of the molecule is COc1ccc(C=C2SC(=O)N(CCNC(=O)CC3C=CCC3)C2=O)cc1. The van der Waals surface area contributed by atoms with E-state index in [9.17, 15) is 14.4 Å². The molecule has 1 aliphatic heterocycles. The molecule has 27 heavy (non-hydrogen) atoms. The predicted molar refractivity (Wildman–Crippen MR) is 105 cm³/mol. The van der Waals surface area contributed by atoms with Gasteiger partial charge in [0.25, 0.3) is 11.1 Å². The predicted octanol–water partition coefficient (Wildman–Crippen LogP) is 3.20. The molecule has 1 saturated heterocycles. The monoisotopic (exact) mass is 386 g/mol. The van der Waals surface area contributed by atoms with Gasteiger partial charge in [-0.3, -0.25) is 19.3 Å². The fraction of sp³-hybridized carbons (Fsp3) is 0.350. The van der Waals surface area contributed by atoms with Gasteiger partial charge in [-0.2, -0.15) is 0 Å². The molecule has 0 saturated carbocycles. The standard InChI is InChI=1S/C20H22N2O4S/c1-26-16-8-6-15(7-9-16)12-17-19(24)22(20(25)27-17)11-10-21-18(23)13-14-4-2-3-5-14/h2,4,6-9,12,14H,3,5,10-11,13H2,1H3,(H,21,23). The largest absolute Gasteiger partial charge is 0.497 e. The number of hydrogen-bond acceptors (Lipinski definition) is 5. The molecular weight excluding hydrogens is 364 g/mol. The van der Waals surface area contributed by atoms with Gasteiger partial charge < -0.3 is 10.1 Å². The Kier molecular flexibility index (Phi) is 6.34. The molecule has 1 unspecified atom stereocenters. The summed E-state index contributed by atoms with van der Waals surface area (Å²) in [6, 6.07) is 7.24. The highest BCUT2D eigenvalue weighted by molar-refractivity contribution is 8.18. The number of rotatable bonds is 7. The van der Waals surface area contributed by atoms with Crippen LogP contribution in [0.5, 0.6) is 5.75 Å². The van der Waals surface area contributed by atoms with Gasteiger partial charge in [0.2, 0.25) is 5.91 Å². The zero-order chi connectivity index (χ0) is 19.2. The number of imide groups is 1. The lowest BCUT2D eigenvalue weighted by molar-refractivity contribution is -0.124. The van der Waals surface area contributed by atoms with E-state index in [2.05, 4.69) is 17.5 Å². The molecule has 2 aliphatic rings. The number of nitrogens with one attached hydrogen (secondary N) is 1. The van der Waals surface area contributed by atoms with Crippen molar-refractivity contribution in [3.8, 4) is 5.75 Å². The molecule has 0 spiro atoms. The molecule has 1 heterocycles. The Labute approximate surface area is 162 Å². The molecule has 1 aromatic carbocycles. The first-order chi connectivity index (χ1) is 13.1. The summed E-state index contributed by atoms with van der Waals surface area (Å²) in [5.41, 5.74) is 0.819. The number of methoxy groups -OCH3 is 1. The average molecular weight is 386 g/mol. The number of amides is 3. The van der Waals surface area contributed by atoms with Crippen LogP contribution in [0, 0.1) is 5.92 Å². The Bertz CT molecular complexity index is 786. The maximum absolute atomic E-state index is 12.5. The van der Waals surface area contributed by atoms with Crippen LogP contribution in [0.3, 0.4) is 0 Å². The van der Waals surface area contributed by atoms with E-state index in [0.29, 0.717) is 17.2 Å². The van der Waals surface area contributed by atoms with Crippen LogP contribution < -0.4 is 10.1 Å². The average Bonchev–Trinajstić information content (AvgIpc) is 3.26. The fourth-order valence-electron chi connectivity index (χ4n) is 3.03. The molecule has 3 rings (SSSR count). The third-order valence-corrected chi connectivity index (χ3v) is 5.41. The maximum atomic E-state index is 12.5. The Morgan fingerprint density at radius 1 is 1.33 bits per heavy atom. The van der Waals surface area contributed by atoms with E-state index < -0.39 is 0 Å². The third-order valence-electron chi connectivity index (χ3n) is 4.50. The van der Waals surface area contributed by atoms with Crippen molar-refractivity contribution in [1.82, 2.24) is 10.2 Å². The number of carbonyl (C=O) groups excluding carboxylic acids is 3. The number of nitrogens with zero attached hydrogens (tertiary/aromatic N) is 1. The van der Waals surface area contributed by atoms with Crippen molar-refractivity contribution in [2.45, 2.75) is 19.3 Å². The van der Waals surface area contributed by atoms with Crippen LogP contribution in [-0.4, -0.2) is 42.2 Å². The number of thioether (sulfide) groups is 1. The Morgan fingerprint density at radius 3 is 2.78 bits per heavy atom. The van der Waals surface area contributed by atoms with Crippen LogP contribution in [0.1, 0.15) is 24.8 Å². The van der Waals surface area contributed by atoms with Crippen molar-refractivity contribution >= 4 is 34.9 Å². The first-order valence-corrected chi connectivity index (χ1v) is 9.71. The quantitative estimate of drug-likeness (QED) is 0.575. The zero-order valence-electron chi connectivity index (χ0n) is 15.1. The van der Waals surface area contributed by atoms with Crippen LogP contribution >= 0.6 is 11.8 Å². The van der Waals surface area contributed by atoms with Gasteiger partial charge in [-0.15, -0.1) is 0 Å². The lowest BCUT2D eigenvalue weighted by atomic mass is 10.1. The van der Waals surface area contributed by atoms with Crippen LogP contribution in [0.2, 0.25) is 0 Å². The Hall–Kier alpha value is -2.54. The van der Waals surface area contributed by atoms with Gasteiger partial charge in [0, 0.05) is 19.5 Å². The van der Waals surface area contributed by atoms with E-state index in [0.717, 1.165) is 35.9 Å². The lowest BCUT2D eigenvalue weighted by Gasteiger charge is -2.13. The zero-order valence-corrected chi connectivity index (χ0v) is 16.0. The highest BCUT2D eigenvalue weighted by Gasteiger charge is 2.34. The molecule has 6 nitrogen and oxygen atoms in total. The van der Waals surface area contributed by atoms with Gasteiger partial charge in [0.1, 0.15) is 5.75 Å². The number of hydrogen-bond donors (Lipinski definition) is 1. The summed E-state index contributed by atoms with van der Waals surface area (Å²) in [6.45, 7) is 0.444. The van der Waals surface area contributed by atoms with Crippen molar-refractivity contribution < 1.29 is 19.1 Å². The van der Waals surface area contributed by atoms with Crippen LogP contribution in [0.25, 0.3) is 6.08 Å². The Balaban J connectivity index is 1.51. The van der Waals surface area contributed by atoms with Crippen molar-refractivity contribution in [1.29, 1.82) is 0 Å². The molecule has 142 valence electrons. The summed E-state index contributed by atoms with van der Waals surface area (Å²) >= 11 is 0.917. The molecule has 1 N–H and O–H groups in total. The van der Waals surface area contributed by atoms with Crippen molar-refractivity contribution in [3.63, 3.8) is 0 Å². The minimum absolute atomic E-state index is 0.0488. The first kappa shape index (κ1) is 19.2. The second kappa shape index (κ2) is 8.90. The molecule has 0 radical (unpaired) electrons. The van der Waals surface area contributed by atoms with E-state index in [1.165, 1.54) is 4.90 Å². The minimum Gasteiger partial charge on any atom is -0.497 e. The molecule has 3 amide bonds. The summed E-state index contributed by atoms with van der Waals surface area (Å²) in [7, 11) is 1.59. The minimum atomic E-state index is -0.325. The van der Waals surface area contributed by atoms with Gasteiger partial charge in [-0.25, -0.2) is 0 Å². The molecule has 1 atom stereocenters. The van der Waals surface area contributed by atoms with Crippen molar-refractivity contribution in [2.24, 2.45) is 5.92 Å². The summed E-state index contributed by atoms with van der Waals surface area (Å²) in [5, 5.41) is 2.48. The molecule has 1 fully saturated rings. The number of carbonyl (C=O) groups is 3. The van der Waals surface area contributed by atoms with Gasteiger partial charge in [0.15, 0.2) is 0 Å². The summed E-state index contributed by atoms with van der Waals surface area (Å²) < 4.78 is 5.11. The second-order valence-corrected chi connectivity index (χ2v) is 7.42. The molecular formula is C20H22N2O4S.